The van der Waals surface area contributed by atoms with Crippen LogP contribution in [0.25, 0.3) is 0 Å². The molecule has 3 nitrogen and oxygen atoms in total. The van der Waals surface area contributed by atoms with Gasteiger partial charge >= 0.3 is 0 Å². The van der Waals surface area contributed by atoms with E-state index in [0.717, 1.165) is 22.8 Å². The first kappa shape index (κ1) is 19.4. The van der Waals surface area contributed by atoms with E-state index in [1.807, 2.05) is 68.9 Å². The molecule has 0 fully saturated rings. The lowest BCUT2D eigenvalue weighted by Gasteiger charge is -2.19. The van der Waals surface area contributed by atoms with E-state index in [9.17, 15) is 4.79 Å². The monoisotopic (exact) mass is 357 g/mol. The number of amides is 1. The Morgan fingerprint density at radius 1 is 1.12 bits per heavy atom. The van der Waals surface area contributed by atoms with Crippen molar-refractivity contribution in [1.82, 2.24) is 5.32 Å². The molecule has 0 bridgehead atoms. The van der Waals surface area contributed by atoms with Gasteiger partial charge in [-0.15, -0.1) is 0 Å². The maximum absolute atomic E-state index is 12.4. The van der Waals surface area contributed by atoms with Crippen molar-refractivity contribution in [2.24, 2.45) is 0 Å². The van der Waals surface area contributed by atoms with Crippen LogP contribution in [0.4, 0.5) is 0 Å². The van der Waals surface area contributed by atoms with Crippen molar-refractivity contribution in [3.63, 3.8) is 0 Å². The molecule has 1 N–H and O–H groups in total. The summed E-state index contributed by atoms with van der Waals surface area (Å²) >= 11 is 1.82. The number of hydrogen-bond acceptors (Lipinski definition) is 3. The number of aryl methyl sites for hydroxylation is 1. The zero-order valence-corrected chi connectivity index (χ0v) is 16.1. The molecule has 2 aromatic carbocycles. The molecule has 1 amide bonds. The Balaban J connectivity index is 1.75. The van der Waals surface area contributed by atoms with Gasteiger partial charge in [-0.05, 0) is 43.0 Å². The van der Waals surface area contributed by atoms with Crippen LogP contribution in [0.3, 0.4) is 0 Å². The lowest BCUT2D eigenvalue weighted by molar-refractivity contribution is -0.128. The number of benzene rings is 2. The minimum absolute atomic E-state index is 0.0382. The molecule has 0 saturated heterocycles. The van der Waals surface area contributed by atoms with Crippen molar-refractivity contribution in [2.75, 3.05) is 12.3 Å². The maximum Gasteiger partial charge on any atom is 0.261 e. The second kappa shape index (κ2) is 10.1. The van der Waals surface area contributed by atoms with Gasteiger partial charge in [-0.1, -0.05) is 49.4 Å². The van der Waals surface area contributed by atoms with Crippen LogP contribution in [-0.2, 0) is 10.5 Å². The van der Waals surface area contributed by atoms with Gasteiger partial charge in [0.15, 0.2) is 6.10 Å². The molecule has 0 aliphatic heterocycles. The van der Waals surface area contributed by atoms with Crippen LogP contribution >= 0.6 is 11.8 Å². The van der Waals surface area contributed by atoms with Crippen molar-refractivity contribution in [3.8, 4) is 5.75 Å². The van der Waals surface area contributed by atoms with E-state index in [0.29, 0.717) is 13.0 Å². The summed E-state index contributed by atoms with van der Waals surface area (Å²) < 4.78 is 5.94. The first-order valence-corrected chi connectivity index (χ1v) is 9.89. The van der Waals surface area contributed by atoms with Gasteiger partial charge < -0.3 is 10.1 Å². The molecular weight excluding hydrogens is 330 g/mol. The molecule has 0 saturated carbocycles. The molecule has 1 atom stereocenters. The molecule has 134 valence electrons. The Kier molecular flexibility index (Phi) is 7.86. The van der Waals surface area contributed by atoms with Crippen molar-refractivity contribution >= 4 is 17.7 Å². The summed E-state index contributed by atoms with van der Waals surface area (Å²) in [5, 5.41) is 2.99. The predicted molar refractivity (Wildman–Crippen MR) is 106 cm³/mol. The summed E-state index contributed by atoms with van der Waals surface area (Å²) in [6.07, 6.45) is 0.204. The highest BCUT2D eigenvalue weighted by atomic mass is 32.2. The second-order valence-corrected chi connectivity index (χ2v) is 7.15. The summed E-state index contributed by atoms with van der Waals surface area (Å²) in [5.41, 5.74) is 3.57. The average molecular weight is 358 g/mol. The van der Waals surface area contributed by atoms with E-state index in [4.69, 9.17) is 4.74 Å². The summed E-state index contributed by atoms with van der Waals surface area (Å²) in [7, 11) is 0. The van der Waals surface area contributed by atoms with E-state index in [1.165, 1.54) is 11.1 Å². The van der Waals surface area contributed by atoms with Gasteiger partial charge in [0.25, 0.3) is 5.91 Å². The van der Waals surface area contributed by atoms with E-state index in [2.05, 4.69) is 17.4 Å². The first-order valence-electron chi connectivity index (χ1n) is 8.74. The fraction of sp³-hybridized carbons (Fsp3) is 0.381. The summed E-state index contributed by atoms with van der Waals surface area (Å²) in [4.78, 5) is 12.4. The quantitative estimate of drug-likeness (QED) is 0.671. The van der Waals surface area contributed by atoms with E-state index >= 15 is 0 Å². The molecule has 0 radical (unpaired) electrons. The fourth-order valence-electron chi connectivity index (χ4n) is 2.45. The topological polar surface area (TPSA) is 38.3 Å². The third-order valence-electron chi connectivity index (χ3n) is 4.14. The molecule has 25 heavy (non-hydrogen) atoms. The van der Waals surface area contributed by atoms with E-state index in [1.54, 1.807) is 0 Å². The minimum atomic E-state index is -0.445. The summed E-state index contributed by atoms with van der Waals surface area (Å²) in [6.45, 7) is 6.70. The fourth-order valence-corrected chi connectivity index (χ4v) is 3.27. The molecule has 0 aliphatic carbocycles. The maximum atomic E-state index is 12.4. The number of rotatable bonds is 9. The smallest absolute Gasteiger partial charge is 0.261 e. The van der Waals surface area contributed by atoms with Crippen molar-refractivity contribution in [1.29, 1.82) is 0 Å². The van der Waals surface area contributed by atoms with Gasteiger partial charge in [0.2, 0.25) is 0 Å². The highest BCUT2D eigenvalue weighted by molar-refractivity contribution is 7.98. The molecule has 2 rings (SSSR count). The Hall–Kier alpha value is -1.94. The largest absolute Gasteiger partial charge is 0.480 e. The Labute approximate surface area is 155 Å². The van der Waals surface area contributed by atoms with Gasteiger partial charge in [0, 0.05) is 18.1 Å². The third kappa shape index (κ3) is 6.13. The van der Waals surface area contributed by atoms with Crippen molar-refractivity contribution < 1.29 is 9.53 Å². The lowest BCUT2D eigenvalue weighted by atomic mass is 10.1. The Bertz CT molecular complexity index is 673. The van der Waals surface area contributed by atoms with Crippen molar-refractivity contribution in [2.45, 2.75) is 39.0 Å². The van der Waals surface area contributed by atoms with E-state index < -0.39 is 6.10 Å². The molecule has 1 unspecified atom stereocenters. The van der Waals surface area contributed by atoms with Crippen LogP contribution < -0.4 is 10.1 Å². The number of carbonyl (C=O) groups is 1. The number of nitrogens with one attached hydrogen (secondary N) is 1. The van der Waals surface area contributed by atoms with Crippen LogP contribution in [0.1, 0.15) is 30.0 Å². The number of carbonyl (C=O) groups excluding carboxylic acids is 1. The average Bonchev–Trinajstić information content (AvgIpc) is 2.63. The van der Waals surface area contributed by atoms with Gasteiger partial charge in [-0.3, -0.25) is 4.79 Å². The summed E-state index contributed by atoms with van der Waals surface area (Å²) in [5.74, 6) is 2.61. The molecule has 2 aromatic rings. The van der Waals surface area contributed by atoms with Crippen LogP contribution in [0.2, 0.25) is 0 Å². The van der Waals surface area contributed by atoms with Crippen LogP contribution in [0.5, 0.6) is 5.75 Å². The standard InChI is InChI=1S/C21H27NO2S/c1-4-19(24-20-12-8-9-16(2)17(20)3)21(23)22-13-14-25-15-18-10-6-5-7-11-18/h5-12,19H,4,13-15H2,1-3H3,(H,22,23). The number of ether oxygens (including phenoxy) is 1. The highest BCUT2D eigenvalue weighted by Crippen LogP contribution is 2.22. The van der Waals surface area contributed by atoms with Crippen LogP contribution in [0.15, 0.2) is 48.5 Å². The van der Waals surface area contributed by atoms with Crippen LogP contribution in [-0.4, -0.2) is 24.3 Å². The summed E-state index contributed by atoms with van der Waals surface area (Å²) in [6, 6.07) is 16.3. The Morgan fingerprint density at radius 2 is 1.88 bits per heavy atom. The van der Waals surface area contributed by atoms with Crippen molar-refractivity contribution in [3.05, 3.63) is 65.2 Å². The SMILES string of the molecule is CCC(Oc1cccc(C)c1C)C(=O)NCCSCc1ccccc1. The van der Waals surface area contributed by atoms with Gasteiger partial charge in [-0.2, -0.15) is 11.8 Å². The zero-order chi connectivity index (χ0) is 18.1. The minimum Gasteiger partial charge on any atom is -0.480 e. The van der Waals surface area contributed by atoms with Gasteiger partial charge in [0.05, 0.1) is 0 Å². The highest BCUT2D eigenvalue weighted by Gasteiger charge is 2.18. The normalized spacial score (nSPS) is 11.8. The predicted octanol–water partition coefficient (Wildman–Crippen LogP) is 4.51. The molecule has 0 aliphatic rings. The van der Waals surface area contributed by atoms with E-state index in [-0.39, 0.29) is 5.91 Å². The van der Waals surface area contributed by atoms with Crippen LogP contribution in [0, 0.1) is 13.8 Å². The zero-order valence-electron chi connectivity index (χ0n) is 15.2. The van der Waals surface area contributed by atoms with Gasteiger partial charge in [0.1, 0.15) is 5.75 Å². The van der Waals surface area contributed by atoms with Gasteiger partial charge in [-0.25, -0.2) is 0 Å². The third-order valence-corrected chi connectivity index (χ3v) is 5.17. The molecule has 4 heteroatoms. The second-order valence-electron chi connectivity index (χ2n) is 6.04. The molecular formula is C21H27NO2S. The first-order chi connectivity index (χ1) is 12.1. The molecule has 0 aromatic heterocycles. The number of hydrogen-bond donors (Lipinski definition) is 1. The Morgan fingerprint density at radius 3 is 2.60 bits per heavy atom. The lowest BCUT2D eigenvalue weighted by Crippen LogP contribution is -2.39. The molecule has 0 heterocycles. The number of thioether (sulfide) groups is 1. The molecule has 0 spiro atoms.